The molecule has 4 nitrogen and oxygen atoms in total. The first-order valence-corrected chi connectivity index (χ1v) is 7.80. The lowest BCUT2D eigenvalue weighted by Crippen LogP contribution is -2.39. The average molecular weight is 370 g/mol. The van der Waals surface area contributed by atoms with E-state index in [1.807, 2.05) is 0 Å². The second-order valence-corrected chi connectivity index (χ2v) is 6.04. The predicted octanol–water partition coefficient (Wildman–Crippen LogP) is 3.01. The van der Waals surface area contributed by atoms with Crippen molar-refractivity contribution in [3.63, 3.8) is 0 Å². The number of halogens is 2. The number of amides is 1. The highest BCUT2D eigenvalue weighted by atomic mass is 79.9. The Bertz CT molecular complexity index is 595. The molecule has 0 N–H and O–H groups in total. The van der Waals surface area contributed by atoms with Gasteiger partial charge in [-0.05, 0) is 37.1 Å². The third-order valence-corrected chi connectivity index (χ3v) is 4.20. The molecule has 0 radical (unpaired) electrons. The molecule has 0 aliphatic carbocycles. The molecule has 0 spiro atoms. The fourth-order valence-electron chi connectivity index (χ4n) is 2.41. The number of esters is 1. The van der Waals surface area contributed by atoms with Gasteiger partial charge in [0.1, 0.15) is 5.82 Å². The van der Waals surface area contributed by atoms with Crippen molar-refractivity contribution in [1.82, 2.24) is 4.90 Å². The van der Waals surface area contributed by atoms with Crippen LogP contribution in [0, 0.1) is 11.7 Å². The number of methoxy groups -OCH3 is 1. The highest BCUT2D eigenvalue weighted by Gasteiger charge is 2.26. The zero-order chi connectivity index (χ0) is 16.1. The number of benzene rings is 1. The van der Waals surface area contributed by atoms with Crippen LogP contribution in [0.2, 0.25) is 0 Å². The summed E-state index contributed by atoms with van der Waals surface area (Å²) in [6, 6.07) is 4.56. The fourth-order valence-corrected chi connectivity index (χ4v) is 2.79. The van der Waals surface area contributed by atoms with Crippen LogP contribution in [0.15, 0.2) is 28.7 Å². The Balaban J connectivity index is 1.94. The zero-order valence-corrected chi connectivity index (χ0v) is 13.8. The number of carbonyl (C=O) groups is 2. The molecule has 1 heterocycles. The van der Waals surface area contributed by atoms with Crippen molar-refractivity contribution in [2.45, 2.75) is 12.8 Å². The van der Waals surface area contributed by atoms with E-state index in [9.17, 15) is 14.0 Å². The van der Waals surface area contributed by atoms with Crippen LogP contribution in [0.3, 0.4) is 0 Å². The normalized spacial score (nSPS) is 16.0. The number of hydrogen-bond donors (Lipinski definition) is 0. The lowest BCUT2D eigenvalue weighted by Gasteiger charge is -2.29. The molecule has 1 aromatic rings. The van der Waals surface area contributed by atoms with Gasteiger partial charge in [0.25, 0.3) is 0 Å². The van der Waals surface area contributed by atoms with Gasteiger partial charge in [-0.1, -0.05) is 15.9 Å². The first kappa shape index (κ1) is 16.7. The average Bonchev–Trinajstić information content (AvgIpc) is 2.54. The highest BCUT2D eigenvalue weighted by Crippen LogP contribution is 2.20. The van der Waals surface area contributed by atoms with Crippen molar-refractivity contribution in [3.8, 4) is 0 Å². The van der Waals surface area contributed by atoms with E-state index in [0.29, 0.717) is 31.5 Å². The van der Waals surface area contributed by atoms with Crippen LogP contribution in [-0.4, -0.2) is 37.0 Å². The molecule has 22 heavy (non-hydrogen) atoms. The number of ether oxygens (including phenoxy) is 1. The van der Waals surface area contributed by atoms with E-state index in [1.54, 1.807) is 17.0 Å². The number of likely N-dealkylation sites (tertiary alicyclic amines) is 1. The van der Waals surface area contributed by atoms with Crippen LogP contribution in [0.5, 0.6) is 0 Å². The molecule has 0 bridgehead atoms. The van der Waals surface area contributed by atoms with Crippen molar-refractivity contribution in [2.24, 2.45) is 5.92 Å². The minimum Gasteiger partial charge on any atom is -0.469 e. The molecular weight excluding hydrogens is 353 g/mol. The van der Waals surface area contributed by atoms with E-state index in [1.165, 1.54) is 25.3 Å². The molecule has 2 rings (SSSR count). The van der Waals surface area contributed by atoms with E-state index in [0.717, 1.165) is 4.47 Å². The molecule has 0 saturated carbocycles. The van der Waals surface area contributed by atoms with E-state index in [2.05, 4.69) is 15.9 Å². The zero-order valence-electron chi connectivity index (χ0n) is 12.2. The third kappa shape index (κ3) is 4.16. The molecule has 1 saturated heterocycles. The van der Waals surface area contributed by atoms with Crippen molar-refractivity contribution in [2.75, 3.05) is 20.2 Å². The SMILES string of the molecule is COC(=O)C1CCN(C(=O)C=Cc2cc(Br)ccc2F)CC1. The van der Waals surface area contributed by atoms with Crippen LogP contribution in [0.1, 0.15) is 18.4 Å². The maximum Gasteiger partial charge on any atom is 0.308 e. The molecule has 6 heteroatoms. The van der Waals surface area contributed by atoms with Crippen molar-refractivity contribution >= 4 is 33.9 Å². The van der Waals surface area contributed by atoms with Gasteiger partial charge in [0, 0.05) is 29.2 Å². The topological polar surface area (TPSA) is 46.6 Å². The molecule has 1 amide bonds. The lowest BCUT2D eigenvalue weighted by molar-refractivity contribution is -0.148. The van der Waals surface area contributed by atoms with Gasteiger partial charge in [-0.2, -0.15) is 0 Å². The molecule has 1 aliphatic heterocycles. The van der Waals surface area contributed by atoms with Gasteiger partial charge < -0.3 is 9.64 Å². The summed E-state index contributed by atoms with van der Waals surface area (Å²) in [5.74, 6) is -0.918. The van der Waals surface area contributed by atoms with Gasteiger partial charge >= 0.3 is 5.97 Å². The minimum absolute atomic E-state index is 0.138. The standard InChI is InChI=1S/C16H17BrFNO3/c1-22-16(21)11-6-8-19(9-7-11)15(20)5-2-12-10-13(17)3-4-14(12)18/h2-5,10-11H,6-9H2,1H3. The summed E-state index contributed by atoms with van der Waals surface area (Å²) < 4.78 is 19.1. The molecule has 0 atom stereocenters. The fraction of sp³-hybridized carbons (Fsp3) is 0.375. The molecule has 1 aliphatic rings. The summed E-state index contributed by atoms with van der Waals surface area (Å²) in [6.07, 6.45) is 4.02. The van der Waals surface area contributed by atoms with Crippen LogP contribution < -0.4 is 0 Å². The Hall–Kier alpha value is -1.69. The Kier molecular flexibility index (Phi) is 5.71. The van der Waals surface area contributed by atoms with Crippen molar-refractivity contribution in [1.29, 1.82) is 0 Å². The summed E-state index contributed by atoms with van der Waals surface area (Å²) in [4.78, 5) is 25.2. The van der Waals surface area contributed by atoms with E-state index >= 15 is 0 Å². The van der Waals surface area contributed by atoms with E-state index in [4.69, 9.17) is 4.74 Å². The number of carbonyl (C=O) groups excluding carboxylic acids is 2. The quantitative estimate of drug-likeness (QED) is 0.607. The molecule has 118 valence electrons. The smallest absolute Gasteiger partial charge is 0.308 e. The molecule has 0 aromatic heterocycles. The number of hydrogen-bond acceptors (Lipinski definition) is 3. The predicted molar refractivity (Wildman–Crippen MR) is 84.5 cm³/mol. The summed E-state index contributed by atoms with van der Waals surface area (Å²) in [5, 5.41) is 0. The van der Waals surface area contributed by atoms with Crippen LogP contribution in [0.4, 0.5) is 4.39 Å². The summed E-state index contributed by atoms with van der Waals surface area (Å²) in [7, 11) is 1.37. The van der Waals surface area contributed by atoms with Crippen LogP contribution in [-0.2, 0) is 14.3 Å². The van der Waals surface area contributed by atoms with Crippen LogP contribution in [0.25, 0.3) is 6.08 Å². The van der Waals surface area contributed by atoms with Gasteiger partial charge in [0.15, 0.2) is 0 Å². The van der Waals surface area contributed by atoms with Gasteiger partial charge in [0.2, 0.25) is 5.91 Å². The molecule has 1 aromatic carbocycles. The van der Waals surface area contributed by atoms with Crippen LogP contribution >= 0.6 is 15.9 Å². The number of piperidine rings is 1. The molecular formula is C16H17BrFNO3. The summed E-state index contributed by atoms with van der Waals surface area (Å²) >= 11 is 3.27. The van der Waals surface area contributed by atoms with Gasteiger partial charge in [-0.3, -0.25) is 9.59 Å². The van der Waals surface area contributed by atoms with Crippen molar-refractivity contribution in [3.05, 3.63) is 40.1 Å². The molecule has 1 fully saturated rings. The minimum atomic E-state index is -0.378. The largest absolute Gasteiger partial charge is 0.469 e. The first-order chi connectivity index (χ1) is 10.5. The van der Waals surface area contributed by atoms with E-state index < -0.39 is 0 Å². The first-order valence-electron chi connectivity index (χ1n) is 7.01. The third-order valence-electron chi connectivity index (χ3n) is 3.70. The molecule has 0 unspecified atom stereocenters. The van der Waals surface area contributed by atoms with Gasteiger partial charge in [0.05, 0.1) is 13.0 Å². The van der Waals surface area contributed by atoms with Gasteiger partial charge in [-0.25, -0.2) is 4.39 Å². The Morgan fingerprint density at radius 2 is 2.05 bits per heavy atom. The second kappa shape index (κ2) is 7.54. The maximum atomic E-state index is 13.6. The lowest BCUT2D eigenvalue weighted by atomic mass is 9.97. The second-order valence-electron chi connectivity index (χ2n) is 5.12. The van der Waals surface area contributed by atoms with E-state index in [-0.39, 0.29) is 23.6 Å². The summed E-state index contributed by atoms with van der Waals surface area (Å²) in [5.41, 5.74) is 0.354. The monoisotopic (exact) mass is 369 g/mol. The Morgan fingerprint density at radius 1 is 1.36 bits per heavy atom. The Labute approximate surface area is 137 Å². The summed E-state index contributed by atoms with van der Waals surface area (Å²) in [6.45, 7) is 1.01. The van der Waals surface area contributed by atoms with Gasteiger partial charge in [-0.15, -0.1) is 0 Å². The van der Waals surface area contributed by atoms with Crippen molar-refractivity contribution < 1.29 is 18.7 Å². The number of rotatable bonds is 3. The Morgan fingerprint density at radius 3 is 2.68 bits per heavy atom. The number of nitrogens with zero attached hydrogens (tertiary/aromatic N) is 1. The maximum absolute atomic E-state index is 13.6. The highest BCUT2D eigenvalue weighted by molar-refractivity contribution is 9.10.